The van der Waals surface area contributed by atoms with Crippen molar-refractivity contribution in [1.82, 2.24) is 10.3 Å². The molecule has 1 heterocycles. The highest BCUT2D eigenvalue weighted by Gasteiger charge is 2.03. The molecule has 1 aromatic rings. The van der Waals surface area contributed by atoms with Gasteiger partial charge in [0.15, 0.2) is 0 Å². The number of alkyl halides is 1. The van der Waals surface area contributed by atoms with Crippen LogP contribution in [0.25, 0.3) is 0 Å². The number of rotatable bonds is 5. The van der Waals surface area contributed by atoms with Crippen LogP contribution in [0.3, 0.4) is 0 Å². The molecule has 0 aliphatic carbocycles. The van der Waals surface area contributed by atoms with Gasteiger partial charge < -0.3 is 5.32 Å². The lowest BCUT2D eigenvalue weighted by Crippen LogP contribution is -2.28. The lowest BCUT2D eigenvalue weighted by molar-refractivity contribution is 0.541. The summed E-state index contributed by atoms with van der Waals surface area (Å²) in [4.78, 5) is 5.26. The maximum Gasteiger partial charge on any atom is 0.0794 e. The lowest BCUT2D eigenvalue weighted by atomic mass is 10.2. The molecule has 1 atom stereocenters. The number of hydrogen-bond acceptors (Lipinski definition) is 3. The molecule has 0 radical (unpaired) electrons. The fraction of sp³-hybridized carbons (Fsp3) is 0.625. The molecule has 4 heteroatoms. The summed E-state index contributed by atoms with van der Waals surface area (Å²) in [6, 6.07) is 0.425. The van der Waals surface area contributed by atoms with Crippen LogP contribution in [0.15, 0.2) is 11.7 Å². The van der Waals surface area contributed by atoms with Crippen LogP contribution in [-0.2, 0) is 6.54 Å². The molecular weight excluding hydrogens is 192 g/mol. The number of aromatic nitrogens is 1. The largest absolute Gasteiger partial charge is 0.308 e. The monoisotopic (exact) mass is 204 g/mol. The Bertz CT molecular complexity index is 197. The molecule has 0 bridgehead atoms. The van der Waals surface area contributed by atoms with Crippen LogP contribution < -0.4 is 5.32 Å². The zero-order valence-electron chi connectivity index (χ0n) is 7.09. The molecule has 0 aromatic carbocycles. The van der Waals surface area contributed by atoms with Crippen molar-refractivity contribution in [2.45, 2.75) is 25.9 Å². The van der Waals surface area contributed by atoms with E-state index in [-0.39, 0.29) is 0 Å². The van der Waals surface area contributed by atoms with Crippen LogP contribution in [-0.4, -0.2) is 16.9 Å². The van der Waals surface area contributed by atoms with E-state index >= 15 is 0 Å². The Morgan fingerprint density at radius 1 is 1.75 bits per heavy atom. The highest BCUT2D eigenvalue weighted by Crippen LogP contribution is 2.05. The number of halogens is 1. The molecule has 0 spiro atoms. The molecule has 1 N–H and O–H groups in total. The van der Waals surface area contributed by atoms with Crippen molar-refractivity contribution in [3.05, 3.63) is 16.6 Å². The zero-order chi connectivity index (χ0) is 8.81. The second-order valence-electron chi connectivity index (χ2n) is 2.61. The van der Waals surface area contributed by atoms with Crippen LogP contribution in [0, 0.1) is 0 Å². The van der Waals surface area contributed by atoms with Gasteiger partial charge in [0.1, 0.15) is 0 Å². The first-order valence-corrected chi connectivity index (χ1v) is 5.45. The van der Waals surface area contributed by atoms with Crippen molar-refractivity contribution in [2.24, 2.45) is 0 Å². The Morgan fingerprint density at radius 3 is 3.08 bits per heavy atom. The van der Waals surface area contributed by atoms with Gasteiger partial charge in [-0.3, -0.25) is 4.98 Å². The summed E-state index contributed by atoms with van der Waals surface area (Å²) in [5.74, 6) is 0.676. The topological polar surface area (TPSA) is 24.9 Å². The standard InChI is InChI=1S/C8H13ClN2S/c1-2-7(3-9)11-5-8-4-10-6-12-8/h4,6-7,11H,2-3,5H2,1H3. The predicted octanol–water partition coefficient (Wildman–Crippen LogP) is 2.25. The smallest absolute Gasteiger partial charge is 0.0794 e. The Labute approximate surface area is 82.0 Å². The van der Waals surface area contributed by atoms with Crippen molar-refractivity contribution in [2.75, 3.05) is 5.88 Å². The third-order valence-electron chi connectivity index (χ3n) is 1.73. The molecule has 68 valence electrons. The molecule has 1 rings (SSSR count). The number of nitrogens with one attached hydrogen (secondary N) is 1. The Hall–Kier alpha value is -0.120. The summed E-state index contributed by atoms with van der Waals surface area (Å²) in [5, 5.41) is 3.36. The normalized spacial score (nSPS) is 13.2. The third kappa shape index (κ3) is 3.09. The van der Waals surface area contributed by atoms with Gasteiger partial charge in [-0.2, -0.15) is 0 Å². The molecule has 0 saturated carbocycles. The van der Waals surface area contributed by atoms with Crippen LogP contribution >= 0.6 is 22.9 Å². The first-order valence-electron chi connectivity index (χ1n) is 4.03. The fourth-order valence-electron chi connectivity index (χ4n) is 0.882. The average Bonchev–Trinajstić information content (AvgIpc) is 2.59. The zero-order valence-corrected chi connectivity index (χ0v) is 8.66. The second kappa shape index (κ2) is 5.51. The lowest BCUT2D eigenvalue weighted by Gasteiger charge is -2.11. The van der Waals surface area contributed by atoms with Gasteiger partial charge in [-0.05, 0) is 6.42 Å². The molecule has 2 nitrogen and oxygen atoms in total. The molecule has 0 aliphatic rings. The molecule has 1 aromatic heterocycles. The summed E-state index contributed by atoms with van der Waals surface area (Å²) >= 11 is 7.40. The van der Waals surface area contributed by atoms with E-state index in [2.05, 4.69) is 17.2 Å². The van der Waals surface area contributed by atoms with Gasteiger partial charge in [-0.1, -0.05) is 6.92 Å². The van der Waals surface area contributed by atoms with E-state index < -0.39 is 0 Å². The minimum absolute atomic E-state index is 0.425. The van der Waals surface area contributed by atoms with E-state index in [1.165, 1.54) is 4.88 Å². The van der Waals surface area contributed by atoms with Crippen molar-refractivity contribution in [3.8, 4) is 0 Å². The van der Waals surface area contributed by atoms with Crippen LogP contribution in [0.1, 0.15) is 18.2 Å². The molecule has 0 amide bonds. The first kappa shape index (κ1) is 9.96. The van der Waals surface area contributed by atoms with Crippen LogP contribution in [0.5, 0.6) is 0 Å². The minimum atomic E-state index is 0.425. The second-order valence-corrected chi connectivity index (χ2v) is 3.89. The Kier molecular flexibility index (Phi) is 4.58. The van der Waals surface area contributed by atoms with Crippen molar-refractivity contribution < 1.29 is 0 Å². The molecule has 12 heavy (non-hydrogen) atoms. The SMILES string of the molecule is CCC(CCl)NCc1cncs1. The summed E-state index contributed by atoms with van der Waals surface area (Å²) in [6.07, 6.45) is 2.96. The van der Waals surface area contributed by atoms with E-state index in [9.17, 15) is 0 Å². The highest BCUT2D eigenvalue weighted by atomic mass is 35.5. The number of thiazole rings is 1. The van der Waals surface area contributed by atoms with Crippen molar-refractivity contribution >= 4 is 22.9 Å². The maximum absolute atomic E-state index is 5.73. The van der Waals surface area contributed by atoms with Crippen molar-refractivity contribution in [3.63, 3.8) is 0 Å². The van der Waals surface area contributed by atoms with Gasteiger partial charge in [0.25, 0.3) is 0 Å². The van der Waals surface area contributed by atoms with Crippen molar-refractivity contribution in [1.29, 1.82) is 0 Å². The Morgan fingerprint density at radius 2 is 2.58 bits per heavy atom. The van der Waals surface area contributed by atoms with Gasteiger partial charge in [-0.15, -0.1) is 22.9 Å². The molecular formula is C8H13ClN2S. The predicted molar refractivity (Wildman–Crippen MR) is 53.8 cm³/mol. The summed E-state index contributed by atoms with van der Waals surface area (Å²) in [7, 11) is 0. The highest BCUT2D eigenvalue weighted by molar-refractivity contribution is 7.09. The van der Waals surface area contributed by atoms with Gasteiger partial charge in [0.2, 0.25) is 0 Å². The first-order chi connectivity index (χ1) is 5.86. The van der Waals surface area contributed by atoms with E-state index in [4.69, 9.17) is 11.6 Å². The summed E-state index contributed by atoms with van der Waals surface area (Å²) in [6.45, 7) is 3.02. The van der Waals surface area contributed by atoms with E-state index in [1.807, 2.05) is 11.7 Å². The van der Waals surface area contributed by atoms with Crippen LogP contribution in [0.2, 0.25) is 0 Å². The fourth-order valence-corrected chi connectivity index (χ4v) is 1.76. The van der Waals surface area contributed by atoms with Gasteiger partial charge >= 0.3 is 0 Å². The van der Waals surface area contributed by atoms with E-state index in [0.717, 1.165) is 13.0 Å². The average molecular weight is 205 g/mol. The van der Waals surface area contributed by atoms with Gasteiger partial charge in [0, 0.05) is 29.5 Å². The molecule has 0 aliphatic heterocycles. The van der Waals surface area contributed by atoms with Gasteiger partial charge in [0.05, 0.1) is 5.51 Å². The Balaban J connectivity index is 2.25. The molecule has 0 fully saturated rings. The summed E-state index contributed by atoms with van der Waals surface area (Å²) in [5.41, 5.74) is 1.85. The quantitative estimate of drug-likeness (QED) is 0.745. The van der Waals surface area contributed by atoms with Crippen LogP contribution in [0.4, 0.5) is 0 Å². The third-order valence-corrected chi connectivity index (χ3v) is 2.88. The number of hydrogen-bond donors (Lipinski definition) is 1. The number of nitrogens with zero attached hydrogens (tertiary/aromatic N) is 1. The van der Waals surface area contributed by atoms with E-state index in [0.29, 0.717) is 11.9 Å². The molecule has 1 unspecified atom stereocenters. The maximum atomic E-state index is 5.73. The van der Waals surface area contributed by atoms with E-state index in [1.54, 1.807) is 11.3 Å². The minimum Gasteiger partial charge on any atom is -0.308 e. The van der Waals surface area contributed by atoms with Gasteiger partial charge in [-0.25, -0.2) is 0 Å². The summed E-state index contributed by atoms with van der Waals surface area (Å²) < 4.78 is 0. The molecule has 0 saturated heterocycles.